The van der Waals surface area contributed by atoms with Gasteiger partial charge in [-0.2, -0.15) is 0 Å². The Labute approximate surface area is 575 Å². The van der Waals surface area contributed by atoms with E-state index < -0.39 is 97.5 Å². The molecule has 0 aliphatic heterocycles. The molecule has 0 spiro atoms. The predicted octanol–water partition coefficient (Wildman–Crippen LogP) is 21.8. The van der Waals surface area contributed by atoms with Gasteiger partial charge in [-0.25, -0.2) is 9.13 Å². The van der Waals surface area contributed by atoms with Crippen LogP contribution in [0.25, 0.3) is 0 Å². The molecule has 0 heterocycles. The molecule has 0 aliphatic carbocycles. The van der Waals surface area contributed by atoms with Crippen molar-refractivity contribution in [3.63, 3.8) is 0 Å². The van der Waals surface area contributed by atoms with E-state index in [1.165, 1.54) is 186 Å². The summed E-state index contributed by atoms with van der Waals surface area (Å²) in [6, 6.07) is 0. The van der Waals surface area contributed by atoms with E-state index in [1.807, 2.05) is 0 Å². The van der Waals surface area contributed by atoms with E-state index in [2.05, 4.69) is 48.5 Å². The van der Waals surface area contributed by atoms with Crippen LogP contribution in [0.15, 0.2) is 0 Å². The SMILES string of the molecule is CCCCCCCC(=O)OC[C@H](COP(=O)(O)OC[C@H](O)COP(=O)(O)OC[C@@H](COC(=O)CCCCCCCCCCCCC(C)CC)OC(=O)CCCCCCCCCCCCCCCCCCCCC(C)C)OC(=O)CCCCCCCCCCCCC(C)CC. The number of carbonyl (C=O) groups excluding carboxylic acids is 4. The minimum Gasteiger partial charge on any atom is -0.462 e. The van der Waals surface area contributed by atoms with Crippen LogP contribution in [0.3, 0.4) is 0 Å². The largest absolute Gasteiger partial charge is 0.472 e. The third-order valence-electron chi connectivity index (χ3n) is 18.1. The fourth-order valence-electron chi connectivity index (χ4n) is 11.4. The number of carbonyl (C=O) groups is 4. The Morgan fingerprint density at radius 1 is 0.309 bits per heavy atom. The zero-order chi connectivity index (χ0) is 69.4. The molecule has 7 atom stereocenters. The number of rotatable bonds is 73. The molecule has 94 heavy (non-hydrogen) atoms. The lowest BCUT2D eigenvalue weighted by Gasteiger charge is -2.21. The quantitative estimate of drug-likeness (QED) is 0.0222. The third kappa shape index (κ3) is 66.0. The summed E-state index contributed by atoms with van der Waals surface area (Å²) in [6.45, 7) is 11.9. The highest BCUT2D eigenvalue weighted by molar-refractivity contribution is 7.47. The lowest BCUT2D eigenvalue weighted by atomic mass is 9.99. The van der Waals surface area contributed by atoms with Gasteiger partial charge < -0.3 is 33.8 Å². The molecule has 3 N–H and O–H groups in total. The lowest BCUT2D eigenvalue weighted by Crippen LogP contribution is -2.30. The summed E-state index contributed by atoms with van der Waals surface area (Å²) >= 11 is 0. The zero-order valence-electron chi connectivity index (χ0n) is 61.4. The van der Waals surface area contributed by atoms with Crippen molar-refractivity contribution < 1.29 is 80.2 Å². The first-order valence-corrected chi connectivity index (χ1v) is 41.9. The van der Waals surface area contributed by atoms with Gasteiger partial charge in [-0.05, 0) is 43.4 Å². The number of esters is 4. The maximum absolute atomic E-state index is 13.1. The minimum atomic E-state index is -4.96. The fourth-order valence-corrected chi connectivity index (χ4v) is 12.9. The number of phosphoric acid groups is 2. The van der Waals surface area contributed by atoms with Gasteiger partial charge in [0.1, 0.15) is 19.3 Å². The molecule has 4 unspecified atom stereocenters. The first kappa shape index (κ1) is 92.1. The van der Waals surface area contributed by atoms with Crippen LogP contribution in [0.4, 0.5) is 0 Å². The Balaban J connectivity index is 5.13. The molecule has 0 amide bonds. The van der Waals surface area contributed by atoms with Gasteiger partial charge in [0.05, 0.1) is 26.4 Å². The van der Waals surface area contributed by atoms with E-state index in [1.54, 1.807) is 0 Å². The van der Waals surface area contributed by atoms with Crippen molar-refractivity contribution in [2.75, 3.05) is 39.6 Å². The number of ether oxygens (including phenoxy) is 4. The molecule has 0 saturated heterocycles. The highest BCUT2D eigenvalue weighted by Crippen LogP contribution is 2.45. The van der Waals surface area contributed by atoms with Crippen molar-refractivity contribution in [1.82, 2.24) is 0 Å². The Morgan fingerprint density at radius 3 is 0.809 bits per heavy atom. The molecule has 0 radical (unpaired) electrons. The molecule has 0 rings (SSSR count). The van der Waals surface area contributed by atoms with Crippen LogP contribution in [-0.4, -0.2) is 96.7 Å². The first-order chi connectivity index (χ1) is 45.3. The van der Waals surface area contributed by atoms with Crippen LogP contribution < -0.4 is 0 Å². The number of phosphoric ester groups is 2. The van der Waals surface area contributed by atoms with Crippen molar-refractivity contribution in [2.45, 2.75) is 401 Å². The van der Waals surface area contributed by atoms with Gasteiger partial charge in [-0.1, -0.05) is 331 Å². The molecule has 0 aromatic carbocycles. The number of unbranched alkanes of at least 4 members (excludes halogenated alkanes) is 39. The molecular formula is C75H146O17P2. The van der Waals surface area contributed by atoms with Gasteiger partial charge in [0.25, 0.3) is 0 Å². The molecule has 0 bridgehead atoms. The summed E-state index contributed by atoms with van der Waals surface area (Å²) in [7, 11) is -9.90. The van der Waals surface area contributed by atoms with Crippen molar-refractivity contribution in [2.24, 2.45) is 17.8 Å². The van der Waals surface area contributed by atoms with Crippen molar-refractivity contribution in [3.8, 4) is 0 Å². The van der Waals surface area contributed by atoms with Gasteiger partial charge in [0, 0.05) is 25.7 Å². The topological polar surface area (TPSA) is 237 Å². The summed E-state index contributed by atoms with van der Waals surface area (Å²) in [4.78, 5) is 72.5. The zero-order valence-corrected chi connectivity index (χ0v) is 63.2. The molecule has 0 aliphatic rings. The summed E-state index contributed by atoms with van der Waals surface area (Å²) in [6.07, 6.45) is 51.7. The Bertz CT molecular complexity index is 1840. The number of hydrogen-bond donors (Lipinski definition) is 3. The average Bonchev–Trinajstić information content (AvgIpc) is 2.29. The molecule has 0 saturated carbocycles. The maximum Gasteiger partial charge on any atom is 0.472 e. The van der Waals surface area contributed by atoms with Crippen molar-refractivity contribution in [1.29, 1.82) is 0 Å². The minimum absolute atomic E-state index is 0.105. The monoisotopic (exact) mass is 1380 g/mol. The van der Waals surface area contributed by atoms with Crippen LogP contribution in [0, 0.1) is 17.8 Å². The standard InChI is InChI=1S/C75H146O17P2/c1-8-11-12-39-49-56-72(77)85-62-70(91-74(79)59-52-45-38-32-26-24-29-35-42-48-55-68(7)10-3)64-89-93(81,82)87-60-69(76)61-88-94(83,84)90-65-71(63-86-73(78)57-50-43-36-30-25-23-28-34-41-47-54-67(6)9-2)92-75(80)58-51-44-37-31-22-20-18-16-14-13-15-17-19-21-27-33-40-46-53-66(4)5/h66-71,76H,8-65H2,1-7H3,(H,81,82)(H,83,84)/t67?,68?,69-,70+,71+/m0/s1. The van der Waals surface area contributed by atoms with E-state index in [4.69, 9.17) is 37.0 Å². The lowest BCUT2D eigenvalue weighted by molar-refractivity contribution is -0.161. The highest BCUT2D eigenvalue weighted by Gasteiger charge is 2.30. The van der Waals surface area contributed by atoms with E-state index in [0.29, 0.717) is 25.7 Å². The molecule has 0 aromatic rings. The molecule has 0 fully saturated rings. The molecule has 17 nitrogen and oxygen atoms in total. The second-order valence-corrected chi connectivity index (χ2v) is 30.9. The van der Waals surface area contributed by atoms with E-state index >= 15 is 0 Å². The Hall–Kier alpha value is -1.94. The molecule has 19 heteroatoms. The van der Waals surface area contributed by atoms with Gasteiger partial charge >= 0.3 is 39.5 Å². The van der Waals surface area contributed by atoms with Crippen molar-refractivity contribution in [3.05, 3.63) is 0 Å². The van der Waals surface area contributed by atoms with Gasteiger partial charge in [-0.3, -0.25) is 37.3 Å². The second kappa shape index (κ2) is 65.7. The second-order valence-electron chi connectivity index (χ2n) is 28.0. The molecule has 558 valence electrons. The molecular weight excluding hydrogens is 1230 g/mol. The van der Waals surface area contributed by atoms with Gasteiger partial charge in [0.2, 0.25) is 0 Å². The maximum atomic E-state index is 13.1. The van der Waals surface area contributed by atoms with Crippen LogP contribution in [-0.2, 0) is 65.4 Å². The van der Waals surface area contributed by atoms with Crippen molar-refractivity contribution >= 4 is 39.5 Å². The van der Waals surface area contributed by atoms with Crippen LogP contribution in [0.5, 0.6) is 0 Å². The number of hydrogen-bond acceptors (Lipinski definition) is 15. The van der Waals surface area contributed by atoms with E-state index in [0.717, 1.165) is 114 Å². The summed E-state index contributed by atoms with van der Waals surface area (Å²) in [5.74, 6) is 0.303. The van der Waals surface area contributed by atoms with Crippen LogP contribution in [0.1, 0.15) is 382 Å². The molecule has 0 aromatic heterocycles. The highest BCUT2D eigenvalue weighted by atomic mass is 31.2. The van der Waals surface area contributed by atoms with Gasteiger partial charge in [0.15, 0.2) is 12.2 Å². The van der Waals surface area contributed by atoms with Gasteiger partial charge in [-0.15, -0.1) is 0 Å². The van der Waals surface area contributed by atoms with E-state index in [-0.39, 0.29) is 25.7 Å². The average molecular weight is 1380 g/mol. The third-order valence-corrected chi connectivity index (χ3v) is 20.0. The van der Waals surface area contributed by atoms with Crippen LogP contribution >= 0.6 is 15.6 Å². The van der Waals surface area contributed by atoms with Crippen LogP contribution in [0.2, 0.25) is 0 Å². The normalized spacial score (nSPS) is 14.7. The predicted molar refractivity (Wildman–Crippen MR) is 381 cm³/mol. The Kier molecular flexibility index (Phi) is 64.3. The fraction of sp³-hybridized carbons (Fsp3) is 0.947. The summed E-state index contributed by atoms with van der Waals surface area (Å²) in [5.41, 5.74) is 0. The number of aliphatic hydroxyl groups excluding tert-OH is 1. The number of aliphatic hydroxyl groups is 1. The Morgan fingerprint density at radius 2 is 0.543 bits per heavy atom. The smallest absolute Gasteiger partial charge is 0.462 e. The first-order valence-electron chi connectivity index (χ1n) is 38.9. The summed E-state index contributed by atoms with van der Waals surface area (Å²) in [5, 5.41) is 10.6. The van der Waals surface area contributed by atoms with E-state index in [9.17, 15) is 43.2 Å². The summed E-state index contributed by atoms with van der Waals surface area (Å²) < 4.78 is 68.3.